The molecule has 304 valence electrons. The molecule has 1 aliphatic rings. The Morgan fingerprint density at radius 2 is 1.61 bits per heavy atom. The largest absolute Gasteiger partial charge is 0.472 e. The lowest BCUT2D eigenvalue weighted by molar-refractivity contribution is -0.102. The minimum Gasteiger partial charge on any atom is -0.387 e. The van der Waals surface area contributed by atoms with Crippen LogP contribution >= 0.6 is 19.4 Å². The van der Waals surface area contributed by atoms with Gasteiger partial charge in [0.2, 0.25) is 0 Å². The highest BCUT2D eigenvalue weighted by Crippen LogP contribution is 2.47. The molecule has 6 atom stereocenters. The molecule has 0 amide bonds. The minimum atomic E-state index is -4.68. The molecule has 1 unspecified atom stereocenters. The lowest BCUT2D eigenvalue weighted by Crippen LogP contribution is -2.44. The lowest BCUT2D eigenvalue weighted by Gasteiger charge is -2.28. The number of unbranched alkanes of at least 4 members (excludes halogenated alkanes) is 14. The van der Waals surface area contributed by atoms with E-state index in [9.17, 15) is 19.7 Å². The van der Waals surface area contributed by atoms with E-state index in [4.69, 9.17) is 40.6 Å². The highest BCUT2D eigenvalue weighted by Gasteiger charge is 2.53. The van der Waals surface area contributed by atoms with Gasteiger partial charge < -0.3 is 35.1 Å². The van der Waals surface area contributed by atoms with E-state index >= 15 is 0 Å². The summed E-state index contributed by atoms with van der Waals surface area (Å²) in [7, 11) is -4.68. The predicted octanol–water partition coefficient (Wildman–Crippen LogP) is 7.52. The van der Waals surface area contributed by atoms with Gasteiger partial charge in [-0.3, -0.25) is 14.0 Å². The van der Waals surface area contributed by atoms with Gasteiger partial charge in [0, 0.05) is 19.0 Å². The molecule has 0 spiro atoms. The van der Waals surface area contributed by atoms with Crippen molar-refractivity contribution in [2.75, 3.05) is 32.2 Å². The van der Waals surface area contributed by atoms with Gasteiger partial charge in [0.25, 0.3) is 0 Å². The zero-order valence-electron chi connectivity index (χ0n) is 31.9. The van der Waals surface area contributed by atoms with E-state index in [-0.39, 0.29) is 25.6 Å². The second-order valence-corrected chi connectivity index (χ2v) is 16.4. The molecule has 1 saturated heterocycles. The first-order valence-electron chi connectivity index (χ1n) is 19.6. The average molecular weight is 798 g/mol. The normalized spacial score (nSPS) is 21.9. The van der Waals surface area contributed by atoms with Gasteiger partial charge in [0.1, 0.15) is 41.9 Å². The Bertz CT molecular complexity index is 1570. The van der Waals surface area contributed by atoms with Crippen molar-refractivity contribution in [2.24, 2.45) is 0 Å². The molecule has 16 heteroatoms. The van der Waals surface area contributed by atoms with Gasteiger partial charge in [-0.15, -0.1) is 0 Å². The summed E-state index contributed by atoms with van der Waals surface area (Å²) in [6.07, 6.45) is 19.0. The molecule has 1 aliphatic heterocycles. The van der Waals surface area contributed by atoms with Gasteiger partial charge in [-0.25, -0.2) is 14.1 Å². The molecule has 14 nitrogen and oxygen atoms in total. The molecular formula is C38H61ClN5O9P. The first-order valence-corrected chi connectivity index (χ1v) is 21.4. The molecule has 3 aromatic heterocycles. The van der Waals surface area contributed by atoms with Crippen molar-refractivity contribution < 1.29 is 42.9 Å². The molecule has 4 rings (SSSR count). The van der Waals surface area contributed by atoms with Crippen LogP contribution in [0.1, 0.15) is 128 Å². The molecule has 1 fully saturated rings. The maximum absolute atomic E-state index is 13.0. The van der Waals surface area contributed by atoms with Crippen molar-refractivity contribution in [3.63, 3.8) is 0 Å². The Morgan fingerprint density at radius 3 is 2.26 bits per heavy atom. The van der Waals surface area contributed by atoms with Crippen molar-refractivity contribution in [3.8, 4) is 0 Å². The van der Waals surface area contributed by atoms with Crippen LogP contribution in [-0.4, -0.2) is 85.0 Å². The summed E-state index contributed by atoms with van der Waals surface area (Å²) in [6, 6.07) is 5.03. The summed E-state index contributed by atoms with van der Waals surface area (Å²) in [4.78, 5) is 18.6. The molecular weight excluding hydrogens is 737 g/mol. The predicted molar refractivity (Wildman–Crippen MR) is 207 cm³/mol. The van der Waals surface area contributed by atoms with Crippen LogP contribution in [0.25, 0.3) is 5.52 Å². The highest BCUT2D eigenvalue weighted by molar-refractivity contribution is 7.47. The van der Waals surface area contributed by atoms with Crippen molar-refractivity contribution in [1.82, 2.24) is 19.6 Å². The van der Waals surface area contributed by atoms with Crippen molar-refractivity contribution in [1.29, 1.82) is 0 Å². The van der Waals surface area contributed by atoms with Crippen LogP contribution in [0.3, 0.4) is 0 Å². The maximum atomic E-state index is 13.0. The highest BCUT2D eigenvalue weighted by atomic mass is 35.5. The number of fused-ring (bicyclic) bond motifs is 1. The Balaban J connectivity index is 1.17. The number of anilines is 1. The quantitative estimate of drug-likeness (QED) is 0.0417. The summed E-state index contributed by atoms with van der Waals surface area (Å²) < 4.78 is 43.0. The zero-order chi connectivity index (χ0) is 38.8. The summed E-state index contributed by atoms with van der Waals surface area (Å²) in [5, 5.41) is 26.4. The van der Waals surface area contributed by atoms with E-state index < -0.39 is 44.4 Å². The molecule has 54 heavy (non-hydrogen) atoms. The van der Waals surface area contributed by atoms with Crippen LogP contribution in [0.15, 0.2) is 36.9 Å². The van der Waals surface area contributed by atoms with E-state index in [0.29, 0.717) is 22.8 Å². The first kappa shape index (κ1) is 44.5. The Labute approximate surface area is 324 Å². The molecule has 5 N–H and O–H groups in total. The van der Waals surface area contributed by atoms with Crippen molar-refractivity contribution in [3.05, 3.63) is 53.2 Å². The maximum Gasteiger partial charge on any atom is 0.472 e. The summed E-state index contributed by atoms with van der Waals surface area (Å²) in [5.74, 6) is 0.232. The number of aliphatic hydroxyl groups is 2. The SMILES string of the molecule is CCCCCCCCCCCCCCCCCOC[C@H](COP(=O)(O)OC[C@@]1(C)O[C@@H](c2ccc3c(N)ncnn23)[C@H](O)[C@@H]1O)OCc1cncc(Cl)c1. The monoisotopic (exact) mass is 797 g/mol. The number of aromatic nitrogens is 4. The van der Waals surface area contributed by atoms with E-state index in [1.807, 2.05) is 0 Å². The zero-order valence-corrected chi connectivity index (χ0v) is 33.5. The fourth-order valence-corrected chi connectivity index (χ4v) is 7.65. The van der Waals surface area contributed by atoms with Crippen LogP contribution < -0.4 is 5.73 Å². The number of hydrogen-bond donors (Lipinski definition) is 4. The molecule has 3 aromatic rings. The van der Waals surface area contributed by atoms with Gasteiger partial charge in [-0.2, -0.15) is 5.10 Å². The van der Waals surface area contributed by atoms with E-state index in [0.717, 1.165) is 24.8 Å². The van der Waals surface area contributed by atoms with Crippen LogP contribution in [0.2, 0.25) is 5.02 Å². The molecule has 0 aromatic carbocycles. The summed E-state index contributed by atoms with van der Waals surface area (Å²) in [6.45, 7) is 3.62. The summed E-state index contributed by atoms with van der Waals surface area (Å²) in [5.41, 5.74) is 5.99. The van der Waals surface area contributed by atoms with Crippen LogP contribution in [0.5, 0.6) is 0 Å². The lowest BCUT2D eigenvalue weighted by atomic mass is 9.97. The topological polar surface area (TPSA) is 193 Å². The fourth-order valence-electron chi connectivity index (χ4n) is 6.61. The number of ether oxygens (including phenoxy) is 3. The Kier molecular flexibility index (Phi) is 19.0. The van der Waals surface area contributed by atoms with Crippen LogP contribution in [0, 0.1) is 0 Å². The van der Waals surface area contributed by atoms with Gasteiger partial charge >= 0.3 is 7.82 Å². The molecule has 0 saturated carbocycles. The Morgan fingerprint density at radius 1 is 0.963 bits per heavy atom. The summed E-state index contributed by atoms with van der Waals surface area (Å²) >= 11 is 6.08. The third-order valence-corrected chi connectivity index (χ3v) is 11.0. The molecule has 4 heterocycles. The molecule has 0 bridgehead atoms. The number of nitrogens with zero attached hydrogens (tertiary/aromatic N) is 4. The van der Waals surface area contributed by atoms with Crippen molar-refractivity contribution in [2.45, 2.75) is 147 Å². The Hall–Kier alpha value is -2.23. The third kappa shape index (κ3) is 14.4. The van der Waals surface area contributed by atoms with Crippen LogP contribution in [0.4, 0.5) is 5.82 Å². The van der Waals surface area contributed by atoms with Gasteiger partial charge in [-0.05, 0) is 37.1 Å². The smallest absolute Gasteiger partial charge is 0.387 e. The minimum absolute atomic E-state index is 0.124. The molecule has 0 radical (unpaired) electrons. The number of aliphatic hydroxyl groups excluding tert-OH is 2. The van der Waals surface area contributed by atoms with E-state index in [2.05, 4.69) is 22.0 Å². The standard InChI is InChI=1S/C38H61ClN5O9P/c1-3-4-5-6-7-8-9-10-11-12-13-14-15-16-17-20-49-25-31(50-24-29-21-30(39)23-41-22-29)26-51-54(47,48)52-27-38(2)36(46)34(45)35(53-38)32-18-19-33-37(40)42-28-43-44(32)33/h18-19,21-23,28,31,34-36,45-46H,3-17,20,24-27H2,1-2H3,(H,47,48)(H2,40,42,43)/t31-,34+,35+,36+,38-/m1/s1. The number of halogens is 1. The third-order valence-electron chi connectivity index (χ3n) is 9.84. The fraction of sp³-hybridized carbons (Fsp3) is 0.711. The number of nitrogen functional groups attached to an aromatic ring is 1. The van der Waals surface area contributed by atoms with E-state index in [1.165, 1.54) is 101 Å². The van der Waals surface area contributed by atoms with E-state index in [1.54, 1.807) is 24.4 Å². The number of rotatable bonds is 28. The average Bonchev–Trinajstić information content (AvgIpc) is 3.68. The van der Waals surface area contributed by atoms with Gasteiger partial charge in [0.05, 0.1) is 37.1 Å². The van der Waals surface area contributed by atoms with Gasteiger partial charge in [0.15, 0.2) is 5.82 Å². The second kappa shape index (κ2) is 23.1. The number of phosphoric ester groups is 1. The first-order chi connectivity index (χ1) is 26.0. The number of nitrogens with two attached hydrogens (primary N) is 1. The number of hydrogen-bond acceptors (Lipinski definition) is 12. The number of pyridine rings is 1. The second-order valence-electron chi connectivity index (χ2n) is 14.5. The number of phosphoric acid groups is 1. The van der Waals surface area contributed by atoms with Crippen molar-refractivity contribution >= 4 is 30.8 Å². The molecule has 0 aliphatic carbocycles. The van der Waals surface area contributed by atoms with Gasteiger partial charge in [-0.1, -0.05) is 108 Å². The van der Waals surface area contributed by atoms with Crippen LogP contribution in [-0.2, 0) is 34.4 Å².